The van der Waals surface area contributed by atoms with Crippen LogP contribution in [-0.4, -0.2) is 18.3 Å². The van der Waals surface area contributed by atoms with E-state index in [4.69, 9.17) is 11.6 Å². The molecule has 0 unspecified atom stereocenters. The standard InChI is InChI=1S/C15H22ClNO/c1-12-5-4-6-13(9-12)10-14(18)17-11-15(2,3)7-8-16/h4-6,9H,7-8,10-11H2,1-3H3,(H,17,18). The number of halogens is 1. The highest BCUT2D eigenvalue weighted by atomic mass is 35.5. The van der Waals surface area contributed by atoms with Gasteiger partial charge in [0.15, 0.2) is 0 Å². The summed E-state index contributed by atoms with van der Waals surface area (Å²) in [5.41, 5.74) is 2.30. The molecule has 2 nitrogen and oxygen atoms in total. The molecule has 0 aliphatic rings. The highest BCUT2D eigenvalue weighted by Crippen LogP contribution is 2.19. The molecule has 0 bridgehead atoms. The predicted molar refractivity (Wildman–Crippen MR) is 77.0 cm³/mol. The minimum absolute atomic E-state index is 0.0595. The highest BCUT2D eigenvalue weighted by molar-refractivity contribution is 6.17. The van der Waals surface area contributed by atoms with E-state index in [-0.39, 0.29) is 11.3 Å². The van der Waals surface area contributed by atoms with Crippen LogP contribution in [0.5, 0.6) is 0 Å². The fraction of sp³-hybridized carbons (Fsp3) is 0.533. The fourth-order valence-corrected chi connectivity index (χ4v) is 2.26. The van der Waals surface area contributed by atoms with Gasteiger partial charge in [-0.2, -0.15) is 0 Å². The van der Waals surface area contributed by atoms with Crippen molar-refractivity contribution in [3.8, 4) is 0 Å². The zero-order chi connectivity index (χ0) is 13.6. The van der Waals surface area contributed by atoms with Crippen LogP contribution in [0.3, 0.4) is 0 Å². The van der Waals surface area contributed by atoms with Crippen LogP contribution in [0.25, 0.3) is 0 Å². The molecule has 1 amide bonds. The number of nitrogens with one attached hydrogen (secondary N) is 1. The number of rotatable bonds is 6. The molecule has 1 aromatic rings. The van der Waals surface area contributed by atoms with Crippen molar-refractivity contribution in [2.75, 3.05) is 12.4 Å². The van der Waals surface area contributed by atoms with E-state index in [0.717, 1.165) is 12.0 Å². The minimum atomic E-state index is 0.0595. The average Bonchev–Trinajstić information content (AvgIpc) is 2.26. The number of alkyl halides is 1. The van der Waals surface area contributed by atoms with Crippen molar-refractivity contribution in [3.05, 3.63) is 35.4 Å². The largest absolute Gasteiger partial charge is 0.355 e. The van der Waals surface area contributed by atoms with E-state index < -0.39 is 0 Å². The van der Waals surface area contributed by atoms with Gasteiger partial charge >= 0.3 is 0 Å². The van der Waals surface area contributed by atoms with E-state index in [1.54, 1.807) is 0 Å². The maximum absolute atomic E-state index is 11.8. The normalized spacial score (nSPS) is 11.3. The van der Waals surface area contributed by atoms with Crippen LogP contribution < -0.4 is 5.32 Å². The van der Waals surface area contributed by atoms with Gasteiger partial charge in [-0.15, -0.1) is 11.6 Å². The van der Waals surface area contributed by atoms with Gasteiger partial charge in [0.1, 0.15) is 0 Å². The van der Waals surface area contributed by atoms with Crippen molar-refractivity contribution < 1.29 is 4.79 Å². The number of hydrogen-bond donors (Lipinski definition) is 1. The molecule has 0 saturated carbocycles. The summed E-state index contributed by atoms with van der Waals surface area (Å²) in [6.45, 7) is 6.93. The Morgan fingerprint density at radius 2 is 2.11 bits per heavy atom. The highest BCUT2D eigenvalue weighted by Gasteiger charge is 2.17. The molecular weight excluding hydrogens is 246 g/mol. The van der Waals surface area contributed by atoms with E-state index in [0.29, 0.717) is 18.8 Å². The Labute approximate surface area is 115 Å². The van der Waals surface area contributed by atoms with Gasteiger partial charge in [0, 0.05) is 12.4 Å². The van der Waals surface area contributed by atoms with Gasteiger partial charge in [0.25, 0.3) is 0 Å². The number of amides is 1. The van der Waals surface area contributed by atoms with Gasteiger partial charge in [-0.1, -0.05) is 43.7 Å². The van der Waals surface area contributed by atoms with Crippen LogP contribution in [0, 0.1) is 12.3 Å². The average molecular weight is 268 g/mol. The summed E-state index contributed by atoms with van der Waals surface area (Å²) < 4.78 is 0. The second-order valence-corrected chi connectivity index (χ2v) is 5.92. The topological polar surface area (TPSA) is 29.1 Å². The molecule has 0 radical (unpaired) electrons. The lowest BCUT2D eigenvalue weighted by Crippen LogP contribution is -2.35. The quantitative estimate of drug-likeness (QED) is 0.788. The van der Waals surface area contributed by atoms with E-state index in [1.807, 2.05) is 31.2 Å². The monoisotopic (exact) mass is 267 g/mol. The van der Waals surface area contributed by atoms with Gasteiger partial charge < -0.3 is 5.32 Å². The van der Waals surface area contributed by atoms with Crippen molar-refractivity contribution in [1.29, 1.82) is 0 Å². The zero-order valence-corrected chi connectivity index (χ0v) is 12.2. The summed E-state index contributed by atoms with van der Waals surface area (Å²) in [5, 5.41) is 2.98. The first-order valence-electron chi connectivity index (χ1n) is 6.31. The van der Waals surface area contributed by atoms with Gasteiger partial charge in [-0.3, -0.25) is 4.79 Å². The molecule has 0 aliphatic heterocycles. The number of benzene rings is 1. The summed E-state index contributed by atoms with van der Waals surface area (Å²) in [7, 11) is 0. The molecular formula is C15H22ClNO. The maximum Gasteiger partial charge on any atom is 0.224 e. The zero-order valence-electron chi connectivity index (χ0n) is 11.4. The lowest BCUT2D eigenvalue weighted by atomic mass is 9.90. The maximum atomic E-state index is 11.8. The van der Waals surface area contributed by atoms with Crippen LogP contribution in [-0.2, 0) is 11.2 Å². The molecule has 0 aromatic heterocycles. The van der Waals surface area contributed by atoms with E-state index in [1.165, 1.54) is 5.56 Å². The molecule has 1 rings (SSSR count). The van der Waals surface area contributed by atoms with Crippen molar-refractivity contribution in [1.82, 2.24) is 5.32 Å². The second-order valence-electron chi connectivity index (χ2n) is 5.55. The van der Waals surface area contributed by atoms with Crippen LogP contribution in [0.4, 0.5) is 0 Å². The summed E-state index contributed by atoms with van der Waals surface area (Å²) in [6, 6.07) is 8.04. The molecule has 1 aromatic carbocycles. The molecule has 100 valence electrons. The third-order valence-electron chi connectivity index (χ3n) is 2.98. The van der Waals surface area contributed by atoms with Gasteiger partial charge in [-0.05, 0) is 24.3 Å². The first-order chi connectivity index (χ1) is 8.43. The third kappa shape index (κ3) is 5.54. The number of hydrogen-bond acceptors (Lipinski definition) is 1. The number of carbonyl (C=O) groups excluding carboxylic acids is 1. The van der Waals surface area contributed by atoms with Crippen LogP contribution in [0.2, 0.25) is 0 Å². The Hall–Kier alpha value is -1.02. The van der Waals surface area contributed by atoms with Crippen LogP contribution >= 0.6 is 11.6 Å². The summed E-state index contributed by atoms with van der Waals surface area (Å²) >= 11 is 5.74. The molecule has 0 heterocycles. The van der Waals surface area contributed by atoms with Crippen LogP contribution in [0.15, 0.2) is 24.3 Å². The van der Waals surface area contributed by atoms with E-state index in [9.17, 15) is 4.79 Å². The van der Waals surface area contributed by atoms with Crippen LogP contribution in [0.1, 0.15) is 31.4 Å². The summed E-state index contributed by atoms with van der Waals surface area (Å²) in [4.78, 5) is 11.8. The Morgan fingerprint density at radius 3 is 2.72 bits per heavy atom. The third-order valence-corrected chi connectivity index (χ3v) is 3.17. The minimum Gasteiger partial charge on any atom is -0.355 e. The SMILES string of the molecule is Cc1cccc(CC(=O)NCC(C)(C)CCCl)c1. The fourth-order valence-electron chi connectivity index (χ4n) is 1.75. The van der Waals surface area contributed by atoms with Crippen molar-refractivity contribution in [2.24, 2.45) is 5.41 Å². The first kappa shape index (κ1) is 15.0. The number of aryl methyl sites for hydroxylation is 1. The lowest BCUT2D eigenvalue weighted by molar-refractivity contribution is -0.120. The number of carbonyl (C=O) groups is 1. The Bertz CT molecular complexity index is 401. The summed E-state index contributed by atoms with van der Waals surface area (Å²) in [5.74, 6) is 0.698. The van der Waals surface area contributed by atoms with Crippen molar-refractivity contribution >= 4 is 17.5 Å². The molecule has 0 fully saturated rings. The lowest BCUT2D eigenvalue weighted by Gasteiger charge is -2.23. The second kappa shape index (κ2) is 6.79. The first-order valence-corrected chi connectivity index (χ1v) is 6.85. The van der Waals surface area contributed by atoms with Gasteiger partial charge in [-0.25, -0.2) is 0 Å². The molecule has 3 heteroatoms. The van der Waals surface area contributed by atoms with Gasteiger partial charge in [0.05, 0.1) is 6.42 Å². The Balaban J connectivity index is 2.43. The Morgan fingerprint density at radius 1 is 1.39 bits per heavy atom. The smallest absolute Gasteiger partial charge is 0.224 e. The summed E-state index contributed by atoms with van der Waals surface area (Å²) in [6.07, 6.45) is 1.35. The molecule has 0 saturated heterocycles. The Kier molecular flexibility index (Phi) is 5.67. The van der Waals surface area contributed by atoms with Gasteiger partial charge in [0.2, 0.25) is 5.91 Å². The van der Waals surface area contributed by atoms with E-state index in [2.05, 4.69) is 19.2 Å². The van der Waals surface area contributed by atoms with Crippen molar-refractivity contribution in [3.63, 3.8) is 0 Å². The van der Waals surface area contributed by atoms with E-state index >= 15 is 0 Å². The molecule has 0 spiro atoms. The predicted octanol–water partition coefficient (Wildman–Crippen LogP) is 3.31. The molecule has 0 aliphatic carbocycles. The molecule has 18 heavy (non-hydrogen) atoms. The van der Waals surface area contributed by atoms with Crippen molar-refractivity contribution in [2.45, 2.75) is 33.6 Å². The molecule has 1 N–H and O–H groups in total. The molecule has 0 atom stereocenters.